The molecule has 4 rings (SSSR count). The highest BCUT2D eigenvalue weighted by atomic mass is 16.3. The van der Waals surface area contributed by atoms with Crippen LogP contribution in [0.3, 0.4) is 0 Å². The standard InChI is InChI=1S/C15H27NO3/c1-10(16-13(7-17)8-18)14-3-11-2-12(4-14)6-15(19,5-11)9-14/h10-13,16-19H,2-9H2,1H3. The molecule has 3 unspecified atom stereocenters. The minimum Gasteiger partial charge on any atom is -0.395 e. The molecule has 0 aliphatic heterocycles. The van der Waals surface area contributed by atoms with Gasteiger partial charge in [0.2, 0.25) is 0 Å². The number of aliphatic hydroxyl groups is 3. The highest BCUT2D eigenvalue weighted by Gasteiger charge is 2.58. The lowest BCUT2D eigenvalue weighted by molar-refractivity contribution is -0.173. The second kappa shape index (κ2) is 4.69. The molecular formula is C15H27NO3. The van der Waals surface area contributed by atoms with Crippen molar-refractivity contribution in [3.63, 3.8) is 0 Å². The predicted octanol–water partition coefficient (Wildman–Crippen LogP) is 0.649. The Hall–Kier alpha value is -0.160. The molecule has 4 nitrogen and oxygen atoms in total. The van der Waals surface area contributed by atoms with Crippen molar-refractivity contribution < 1.29 is 15.3 Å². The first-order valence-corrected chi connectivity index (χ1v) is 7.69. The lowest BCUT2D eigenvalue weighted by atomic mass is 9.46. The van der Waals surface area contributed by atoms with Crippen molar-refractivity contribution in [3.05, 3.63) is 0 Å². The monoisotopic (exact) mass is 269 g/mol. The van der Waals surface area contributed by atoms with Gasteiger partial charge in [-0.3, -0.25) is 0 Å². The Bertz CT molecular complexity index is 328. The van der Waals surface area contributed by atoms with Crippen LogP contribution in [0.15, 0.2) is 0 Å². The summed E-state index contributed by atoms with van der Waals surface area (Å²) >= 11 is 0. The normalized spacial score (nSPS) is 45.9. The van der Waals surface area contributed by atoms with Gasteiger partial charge in [-0.25, -0.2) is 0 Å². The van der Waals surface area contributed by atoms with Crippen LogP contribution < -0.4 is 5.32 Å². The molecule has 19 heavy (non-hydrogen) atoms. The number of aliphatic hydroxyl groups excluding tert-OH is 2. The van der Waals surface area contributed by atoms with Gasteiger partial charge in [0.05, 0.1) is 24.9 Å². The van der Waals surface area contributed by atoms with Crippen molar-refractivity contribution in [3.8, 4) is 0 Å². The lowest BCUT2D eigenvalue weighted by Crippen LogP contribution is -2.62. The van der Waals surface area contributed by atoms with Crippen molar-refractivity contribution in [2.75, 3.05) is 13.2 Å². The van der Waals surface area contributed by atoms with Gasteiger partial charge in [0.1, 0.15) is 0 Å². The van der Waals surface area contributed by atoms with Crippen molar-refractivity contribution in [2.45, 2.75) is 63.1 Å². The Morgan fingerprint density at radius 3 is 2.16 bits per heavy atom. The van der Waals surface area contributed by atoms with Crippen molar-refractivity contribution in [2.24, 2.45) is 17.3 Å². The molecule has 4 heteroatoms. The summed E-state index contributed by atoms with van der Waals surface area (Å²) in [6.07, 6.45) is 6.56. The van der Waals surface area contributed by atoms with Gasteiger partial charge in [-0.1, -0.05) is 0 Å². The van der Waals surface area contributed by atoms with E-state index in [4.69, 9.17) is 0 Å². The highest BCUT2D eigenvalue weighted by molar-refractivity contribution is 5.11. The number of hydrogen-bond donors (Lipinski definition) is 4. The zero-order chi connectivity index (χ0) is 13.7. The summed E-state index contributed by atoms with van der Waals surface area (Å²) in [4.78, 5) is 0. The van der Waals surface area contributed by atoms with Gasteiger partial charge in [-0.05, 0) is 62.7 Å². The van der Waals surface area contributed by atoms with Gasteiger partial charge >= 0.3 is 0 Å². The van der Waals surface area contributed by atoms with Crippen molar-refractivity contribution in [1.29, 1.82) is 0 Å². The van der Waals surface area contributed by atoms with Gasteiger partial charge in [-0.2, -0.15) is 0 Å². The highest BCUT2D eigenvalue weighted by Crippen LogP contribution is 2.62. The SMILES string of the molecule is CC(NC(CO)CO)C12CC3CC(CC(O)(C3)C1)C2. The second-order valence-corrected chi connectivity index (χ2v) is 7.50. The van der Waals surface area contributed by atoms with Crippen LogP contribution in [0.25, 0.3) is 0 Å². The van der Waals surface area contributed by atoms with E-state index in [1.165, 1.54) is 19.3 Å². The van der Waals surface area contributed by atoms with Crippen LogP contribution in [0.4, 0.5) is 0 Å². The molecule has 0 aromatic rings. The zero-order valence-corrected chi connectivity index (χ0v) is 11.8. The Morgan fingerprint density at radius 2 is 1.68 bits per heavy atom. The van der Waals surface area contributed by atoms with E-state index in [2.05, 4.69) is 12.2 Å². The Balaban J connectivity index is 1.76. The van der Waals surface area contributed by atoms with Crippen LogP contribution in [0, 0.1) is 17.3 Å². The maximum atomic E-state index is 10.7. The average molecular weight is 269 g/mol. The fourth-order valence-corrected chi connectivity index (χ4v) is 5.48. The molecule has 4 bridgehead atoms. The number of nitrogens with one attached hydrogen (secondary N) is 1. The molecule has 4 aliphatic carbocycles. The quantitative estimate of drug-likeness (QED) is 0.591. The molecule has 4 saturated carbocycles. The Kier molecular flexibility index (Phi) is 3.41. The van der Waals surface area contributed by atoms with E-state index in [1.807, 2.05) is 0 Å². The van der Waals surface area contributed by atoms with Crippen LogP contribution in [0.1, 0.15) is 45.4 Å². The molecule has 0 heterocycles. The largest absolute Gasteiger partial charge is 0.395 e. The molecular weight excluding hydrogens is 242 g/mol. The fraction of sp³-hybridized carbons (Fsp3) is 1.00. The number of rotatable bonds is 5. The maximum absolute atomic E-state index is 10.7. The van der Waals surface area contributed by atoms with E-state index in [-0.39, 0.29) is 30.7 Å². The average Bonchev–Trinajstić information content (AvgIpc) is 2.32. The smallest absolute Gasteiger partial charge is 0.0659 e. The summed E-state index contributed by atoms with van der Waals surface area (Å²) in [5.41, 5.74) is -0.268. The summed E-state index contributed by atoms with van der Waals surface area (Å²) in [6, 6.07) is 0.00636. The molecule has 0 saturated heterocycles. The van der Waals surface area contributed by atoms with Gasteiger partial charge < -0.3 is 20.6 Å². The summed E-state index contributed by atoms with van der Waals surface area (Å²) in [6.45, 7) is 2.09. The van der Waals surface area contributed by atoms with E-state index in [1.54, 1.807) is 0 Å². The van der Waals surface area contributed by atoms with E-state index >= 15 is 0 Å². The second-order valence-electron chi connectivity index (χ2n) is 7.50. The third-order valence-corrected chi connectivity index (χ3v) is 5.92. The van der Waals surface area contributed by atoms with E-state index < -0.39 is 5.60 Å². The lowest BCUT2D eigenvalue weighted by Gasteiger charge is -2.62. The zero-order valence-electron chi connectivity index (χ0n) is 11.8. The summed E-state index contributed by atoms with van der Waals surface area (Å²) < 4.78 is 0. The predicted molar refractivity (Wildman–Crippen MR) is 72.6 cm³/mol. The fourth-order valence-electron chi connectivity index (χ4n) is 5.48. The van der Waals surface area contributed by atoms with E-state index in [0.29, 0.717) is 11.8 Å². The van der Waals surface area contributed by atoms with Crippen LogP contribution in [-0.4, -0.2) is 46.2 Å². The van der Waals surface area contributed by atoms with Crippen LogP contribution in [0.2, 0.25) is 0 Å². The summed E-state index contributed by atoms with van der Waals surface area (Å²) in [5.74, 6) is 1.36. The number of hydrogen-bond acceptors (Lipinski definition) is 4. The molecule has 0 radical (unpaired) electrons. The van der Waals surface area contributed by atoms with Crippen molar-refractivity contribution >= 4 is 0 Å². The summed E-state index contributed by atoms with van der Waals surface area (Å²) in [5, 5.41) is 32.6. The van der Waals surface area contributed by atoms with Crippen LogP contribution >= 0.6 is 0 Å². The molecule has 0 amide bonds. The molecule has 0 aromatic heterocycles. The van der Waals surface area contributed by atoms with Crippen LogP contribution in [0.5, 0.6) is 0 Å². The maximum Gasteiger partial charge on any atom is 0.0659 e. The van der Waals surface area contributed by atoms with E-state index in [9.17, 15) is 15.3 Å². The Labute approximate surface area is 115 Å². The summed E-state index contributed by atoms with van der Waals surface area (Å²) in [7, 11) is 0. The molecule has 3 atom stereocenters. The Morgan fingerprint density at radius 1 is 1.11 bits per heavy atom. The molecule has 0 spiro atoms. The molecule has 4 fully saturated rings. The van der Waals surface area contributed by atoms with Crippen LogP contribution in [-0.2, 0) is 0 Å². The topological polar surface area (TPSA) is 72.7 Å². The van der Waals surface area contributed by atoms with Gasteiger partial charge in [0.15, 0.2) is 0 Å². The molecule has 4 aliphatic rings. The minimum absolute atomic E-state index is 0.0337. The van der Waals surface area contributed by atoms with Gasteiger partial charge in [0, 0.05) is 6.04 Å². The third kappa shape index (κ3) is 2.33. The van der Waals surface area contributed by atoms with Gasteiger partial charge in [-0.15, -0.1) is 0 Å². The first-order valence-electron chi connectivity index (χ1n) is 7.69. The molecule has 110 valence electrons. The first kappa shape index (κ1) is 13.8. The minimum atomic E-state index is -0.437. The molecule has 0 aromatic carbocycles. The van der Waals surface area contributed by atoms with Gasteiger partial charge in [0.25, 0.3) is 0 Å². The third-order valence-electron chi connectivity index (χ3n) is 5.92. The first-order chi connectivity index (χ1) is 8.98. The van der Waals surface area contributed by atoms with E-state index in [0.717, 1.165) is 19.3 Å². The van der Waals surface area contributed by atoms with Crippen molar-refractivity contribution in [1.82, 2.24) is 5.32 Å². The molecule has 4 N–H and O–H groups in total.